The van der Waals surface area contributed by atoms with Crippen molar-refractivity contribution in [1.82, 2.24) is 10.2 Å². The zero-order valence-electron chi connectivity index (χ0n) is 11.5. The van der Waals surface area contributed by atoms with Crippen LogP contribution >= 0.6 is 34.9 Å². The number of amides is 1. The van der Waals surface area contributed by atoms with Crippen LogP contribution in [0.15, 0.2) is 17.5 Å². The molecule has 3 N–H and O–H groups in total. The Morgan fingerprint density at radius 2 is 2.19 bits per heavy atom. The highest BCUT2D eigenvalue weighted by molar-refractivity contribution is 7.80. The maximum atomic E-state index is 12.3. The Labute approximate surface area is 136 Å². The molecule has 0 aliphatic carbocycles. The molecule has 0 bridgehead atoms. The molecule has 0 saturated carbocycles. The summed E-state index contributed by atoms with van der Waals surface area (Å²) in [4.78, 5) is 15.9. The lowest BCUT2D eigenvalue weighted by Gasteiger charge is -2.31. The van der Waals surface area contributed by atoms with E-state index >= 15 is 0 Å². The molecule has 21 heavy (non-hydrogen) atoms. The van der Waals surface area contributed by atoms with Crippen LogP contribution in [0.1, 0.15) is 22.5 Å². The van der Waals surface area contributed by atoms with Crippen molar-refractivity contribution in [2.75, 3.05) is 19.6 Å². The minimum atomic E-state index is 0.0520. The van der Waals surface area contributed by atoms with Crippen molar-refractivity contribution in [1.29, 1.82) is 0 Å². The standard InChI is InChI=1S/C14H17N3OS3/c15-13(19)8-17-4-1-9(2-5-17)16-14(18)12-7-11-10(21-12)3-6-20-11/h3,6-7,9H,1-2,4-5,8H2,(H2,15,19)(H,16,18). The number of thiophene rings is 2. The van der Waals surface area contributed by atoms with Crippen LogP contribution < -0.4 is 11.1 Å². The Bertz CT molecular complexity index is 627. The molecule has 1 saturated heterocycles. The lowest BCUT2D eigenvalue weighted by Crippen LogP contribution is -2.46. The largest absolute Gasteiger partial charge is 0.392 e. The molecule has 0 aromatic carbocycles. The number of piperidine rings is 1. The van der Waals surface area contributed by atoms with Crippen LogP contribution in [0.5, 0.6) is 0 Å². The van der Waals surface area contributed by atoms with Gasteiger partial charge in [0.15, 0.2) is 0 Å². The average molecular weight is 340 g/mol. The van der Waals surface area contributed by atoms with E-state index in [-0.39, 0.29) is 11.9 Å². The van der Waals surface area contributed by atoms with E-state index in [4.69, 9.17) is 18.0 Å². The summed E-state index contributed by atoms with van der Waals surface area (Å²) in [5.41, 5.74) is 5.56. The molecule has 0 atom stereocenters. The van der Waals surface area contributed by atoms with Gasteiger partial charge in [0, 0.05) is 35.1 Å². The highest BCUT2D eigenvalue weighted by Crippen LogP contribution is 2.30. The van der Waals surface area contributed by atoms with E-state index in [1.54, 1.807) is 22.7 Å². The molecule has 2 aromatic rings. The number of nitrogens with one attached hydrogen (secondary N) is 1. The lowest BCUT2D eigenvalue weighted by molar-refractivity contribution is 0.0919. The Morgan fingerprint density at radius 3 is 2.86 bits per heavy atom. The van der Waals surface area contributed by atoms with Gasteiger partial charge in [-0.1, -0.05) is 12.2 Å². The summed E-state index contributed by atoms with van der Waals surface area (Å²) in [5, 5.41) is 5.20. The van der Waals surface area contributed by atoms with Crippen LogP contribution in [-0.4, -0.2) is 41.5 Å². The summed E-state index contributed by atoms with van der Waals surface area (Å²) in [7, 11) is 0. The van der Waals surface area contributed by atoms with Crippen molar-refractivity contribution >= 4 is 55.2 Å². The SMILES string of the molecule is NC(=S)CN1CCC(NC(=O)c2cc3sccc3s2)CC1. The summed E-state index contributed by atoms with van der Waals surface area (Å²) in [6.07, 6.45) is 1.90. The monoisotopic (exact) mass is 339 g/mol. The molecule has 7 heteroatoms. The fraction of sp³-hybridized carbons (Fsp3) is 0.429. The van der Waals surface area contributed by atoms with Crippen LogP contribution in [0.4, 0.5) is 0 Å². The molecule has 1 amide bonds. The number of rotatable bonds is 4. The molecule has 1 aliphatic rings. The maximum absolute atomic E-state index is 12.3. The first-order valence-electron chi connectivity index (χ1n) is 6.90. The predicted molar refractivity (Wildman–Crippen MR) is 93.4 cm³/mol. The van der Waals surface area contributed by atoms with Crippen molar-refractivity contribution < 1.29 is 4.79 Å². The smallest absolute Gasteiger partial charge is 0.261 e. The van der Waals surface area contributed by atoms with Crippen molar-refractivity contribution in [3.05, 3.63) is 22.4 Å². The van der Waals surface area contributed by atoms with E-state index in [0.717, 1.165) is 30.8 Å². The summed E-state index contributed by atoms with van der Waals surface area (Å²) >= 11 is 8.17. The van der Waals surface area contributed by atoms with E-state index in [1.165, 1.54) is 9.40 Å². The van der Waals surface area contributed by atoms with E-state index < -0.39 is 0 Å². The first-order chi connectivity index (χ1) is 10.1. The second-order valence-electron chi connectivity index (χ2n) is 5.25. The molecule has 0 unspecified atom stereocenters. The second kappa shape index (κ2) is 6.39. The highest BCUT2D eigenvalue weighted by atomic mass is 32.1. The van der Waals surface area contributed by atoms with Crippen LogP contribution in [0.25, 0.3) is 9.40 Å². The zero-order chi connectivity index (χ0) is 14.8. The Kier molecular flexibility index (Phi) is 4.54. The minimum Gasteiger partial charge on any atom is -0.392 e. The van der Waals surface area contributed by atoms with Gasteiger partial charge in [-0.25, -0.2) is 0 Å². The van der Waals surface area contributed by atoms with Crippen LogP contribution in [0.2, 0.25) is 0 Å². The second-order valence-corrected chi connectivity index (χ2v) is 7.81. The summed E-state index contributed by atoms with van der Waals surface area (Å²) < 4.78 is 2.38. The molecule has 4 nitrogen and oxygen atoms in total. The number of fused-ring (bicyclic) bond motifs is 1. The molecule has 2 aromatic heterocycles. The third-order valence-corrected chi connectivity index (χ3v) is 5.89. The van der Waals surface area contributed by atoms with Crippen LogP contribution in [0, 0.1) is 0 Å². The van der Waals surface area contributed by atoms with Gasteiger partial charge in [-0.15, -0.1) is 22.7 Å². The molecule has 112 valence electrons. The van der Waals surface area contributed by atoms with Gasteiger partial charge in [-0.05, 0) is 30.4 Å². The predicted octanol–water partition coefficient (Wildman–Crippen LogP) is 2.44. The van der Waals surface area contributed by atoms with Gasteiger partial charge in [-0.3, -0.25) is 9.69 Å². The number of carbonyl (C=O) groups excluding carboxylic acids is 1. The van der Waals surface area contributed by atoms with Crippen molar-refractivity contribution in [2.24, 2.45) is 5.73 Å². The van der Waals surface area contributed by atoms with Gasteiger partial charge in [0.2, 0.25) is 0 Å². The topological polar surface area (TPSA) is 58.4 Å². The van der Waals surface area contributed by atoms with Crippen LogP contribution in [-0.2, 0) is 0 Å². The van der Waals surface area contributed by atoms with Crippen molar-refractivity contribution in [3.8, 4) is 0 Å². The molecule has 1 fully saturated rings. The number of likely N-dealkylation sites (tertiary alicyclic amines) is 1. The minimum absolute atomic E-state index is 0.0520. The number of thiocarbonyl (C=S) groups is 1. The van der Waals surface area contributed by atoms with E-state index in [9.17, 15) is 4.79 Å². The third-order valence-electron chi connectivity index (χ3n) is 3.67. The molecular formula is C14H17N3OS3. The molecule has 0 spiro atoms. The first kappa shape index (κ1) is 14.9. The number of nitrogens with zero attached hydrogens (tertiary/aromatic N) is 1. The van der Waals surface area contributed by atoms with E-state index in [1.807, 2.05) is 6.07 Å². The number of hydrogen-bond acceptors (Lipinski definition) is 5. The Morgan fingerprint density at radius 1 is 1.43 bits per heavy atom. The normalized spacial score (nSPS) is 17.1. The Hall–Kier alpha value is -1.02. The van der Waals surface area contributed by atoms with E-state index in [2.05, 4.69) is 21.7 Å². The number of carbonyl (C=O) groups is 1. The van der Waals surface area contributed by atoms with Crippen LogP contribution in [0.3, 0.4) is 0 Å². The summed E-state index contributed by atoms with van der Waals surface area (Å²) in [6, 6.07) is 4.30. The van der Waals surface area contributed by atoms with E-state index in [0.29, 0.717) is 11.5 Å². The molecule has 3 rings (SSSR count). The highest BCUT2D eigenvalue weighted by Gasteiger charge is 2.22. The van der Waals surface area contributed by atoms with Gasteiger partial charge < -0.3 is 11.1 Å². The first-order valence-corrected chi connectivity index (χ1v) is 9.01. The van der Waals surface area contributed by atoms with Gasteiger partial charge in [-0.2, -0.15) is 0 Å². The van der Waals surface area contributed by atoms with Gasteiger partial charge >= 0.3 is 0 Å². The average Bonchev–Trinajstić information content (AvgIpc) is 3.01. The Balaban J connectivity index is 1.54. The van der Waals surface area contributed by atoms with Crippen molar-refractivity contribution in [3.63, 3.8) is 0 Å². The number of hydrogen-bond donors (Lipinski definition) is 2. The number of nitrogens with two attached hydrogens (primary N) is 1. The van der Waals surface area contributed by atoms with Gasteiger partial charge in [0.05, 0.1) is 9.87 Å². The van der Waals surface area contributed by atoms with Gasteiger partial charge in [0.25, 0.3) is 5.91 Å². The van der Waals surface area contributed by atoms with Crippen molar-refractivity contribution in [2.45, 2.75) is 18.9 Å². The maximum Gasteiger partial charge on any atom is 0.261 e. The fourth-order valence-corrected chi connectivity index (χ4v) is 4.78. The lowest BCUT2D eigenvalue weighted by atomic mass is 10.0. The molecule has 0 radical (unpaired) electrons. The summed E-state index contributed by atoms with van der Waals surface area (Å²) in [6.45, 7) is 2.54. The summed E-state index contributed by atoms with van der Waals surface area (Å²) in [5.74, 6) is 0.0520. The quantitative estimate of drug-likeness (QED) is 0.840. The molecule has 3 heterocycles. The fourth-order valence-electron chi connectivity index (χ4n) is 2.59. The third kappa shape index (κ3) is 3.60. The molecule has 1 aliphatic heterocycles. The molecular weight excluding hydrogens is 322 g/mol. The van der Waals surface area contributed by atoms with Gasteiger partial charge in [0.1, 0.15) is 0 Å². The zero-order valence-corrected chi connectivity index (χ0v) is 14.0.